The van der Waals surface area contributed by atoms with Crippen molar-refractivity contribution in [1.29, 1.82) is 0 Å². The number of carbonyl (C=O) groups is 2. The van der Waals surface area contributed by atoms with E-state index in [1.54, 1.807) is 30.1 Å². The Labute approximate surface area is 203 Å². The fourth-order valence-electron chi connectivity index (χ4n) is 5.94. The zero-order chi connectivity index (χ0) is 23.9. The van der Waals surface area contributed by atoms with E-state index in [1.807, 2.05) is 30.6 Å². The zero-order valence-electron chi connectivity index (χ0n) is 19.6. The Hall–Kier alpha value is -3.94. The van der Waals surface area contributed by atoms with Crippen molar-refractivity contribution < 1.29 is 9.59 Å². The number of para-hydroxylation sites is 1. The van der Waals surface area contributed by atoms with Crippen molar-refractivity contribution in [2.24, 2.45) is 13.0 Å². The predicted octanol–water partition coefficient (Wildman–Crippen LogP) is 4.17. The van der Waals surface area contributed by atoms with Gasteiger partial charge in [0.2, 0.25) is 0 Å². The first-order valence-electron chi connectivity index (χ1n) is 12.2. The van der Waals surface area contributed by atoms with Crippen LogP contribution in [-0.2, 0) is 13.5 Å². The van der Waals surface area contributed by atoms with E-state index in [2.05, 4.69) is 37.4 Å². The number of pyridine rings is 1. The number of nitrogens with zero attached hydrogens (tertiary/aromatic N) is 4. The van der Waals surface area contributed by atoms with Gasteiger partial charge < -0.3 is 15.2 Å². The van der Waals surface area contributed by atoms with Crippen molar-refractivity contribution in [2.75, 3.05) is 5.32 Å². The summed E-state index contributed by atoms with van der Waals surface area (Å²) in [5.41, 5.74) is 3.64. The molecule has 0 unspecified atom stereocenters. The van der Waals surface area contributed by atoms with Crippen molar-refractivity contribution in [3.8, 4) is 0 Å². The van der Waals surface area contributed by atoms with Crippen molar-refractivity contribution in [3.63, 3.8) is 0 Å². The van der Waals surface area contributed by atoms with Crippen LogP contribution < -0.4 is 5.32 Å². The molecule has 4 aromatic rings. The standard InChI is InChI=1S/C27H28N6O2/c1-32-13-10-24(31-32)26(34)30-23-5-3-2-4-22(23)27(35)33-19-6-7-20(33)16-17(15-19)14-18-8-11-28-25-21(18)9-12-29-25/h2-5,8-13,17,19-20H,6-7,14-16H2,1H3,(H,28,29)(H,30,34)/t19-,20-/m0/s1. The second-order valence-corrected chi connectivity index (χ2v) is 9.72. The molecule has 0 spiro atoms. The fourth-order valence-corrected chi connectivity index (χ4v) is 5.94. The van der Waals surface area contributed by atoms with Crippen molar-refractivity contribution in [2.45, 2.75) is 44.2 Å². The smallest absolute Gasteiger partial charge is 0.276 e. The Morgan fingerprint density at radius 1 is 1.09 bits per heavy atom. The first-order chi connectivity index (χ1) is 17.1. The Morgan fingerprint density at radius 2 is 1.89 bits per heavy atom. The molecule has 8 heteroatoms. The molecular formula is C27H28N6O2. The number of hydrogen-bond donors (Lipinski definition) is 2. The molecule has 2 bridgehead atoms. The number of nitrogens with one attached hydrogen (secondary N) is 2. The lowest BCUT2D eigenvalue weighted by Gasteiger charge is -2.39. The summed E-state index contributed by atoms with van der Waals surface area (Å²) in [5, 5.41) is 8.25. The highest BCUT2D eigenvalue weighted by atomic mass is 16.2. The summed E-state index contributed by atoms with van der Waals surface area (Å²) in [6.07, 6.45) is 10.6. The van der Waals surface area contributed by atoms with Gasteiger partial charge in [0.05, 0.1) is 11.3 Å². The minimum absolute atomic E-state index is 0.00445. The van der Waals surface area contributed by atoms with Crippen LogP contribution in [0.15, 0.2) is 61.1 Å². The quantitative estimate of drug-likeness (QED) is 0.459. The Kier molecular flexibility index (Phi) is 5.36. The van der Waals surface area contributed by atoms with Gasteiger partial charge in [0.25, 0.3) is 11.8 Å². The molecule has 2 saturated heterocycles. The van der Waals surface area contributed by atoms with Crippen LogP contribution in [0.25, 0.3) is 11.0 Å². The van der Waals surface area contributed by atoms with Gasteiger partial charge in [0, 0.05) is 43.1 Å². The van der Waals surface area contributed by atoms with E-state index in [1.165, 1.54) is 10.9 Å². The number of piperidine rings is 1. The van der Waals surface area contributed by atoms with Crippen LogP contribution >= 0.6 is 0 Å². The molecule has 8 nitrogen and oxygen atoms in total. The van der Waals surface area contributed by atoms with Gasteiger partial charge in [-0.3, -0.25) is 14.3 Å². The number of aromatic amines is 1. The van der Waals surface area contributed by atoms with Crippen LogP contribution in [0, 0.1) is 5.92 Å². The van der Waals surface area contributed by atoms with Gasteiger partial charge in [-0.15, -0.1) is 0 Å². The zero-order valence-corrected chi connectivity index (χ0v) is 19.6. The summed E-state index contributed by atoms with van der Waals surface area (Å²) < 4.78 is 1.58. The molecule has 2 amide bonds. The van der Waals surface area contributed by atoms with E-state index >= 15 is 0 Å². The average Bonchev–Trinajstić information content (AvgIpc) is 3.57. The monoisotopic (exact) mass is 468 g/mol. The van der Waals surface area contributed by atoms with Crippen LogP contribution in [0.4, 0.5) is 5.69 Å². The molecule has 5 heterocycles. The predicted molar refractivity (Wildman–Crippen MR) is 133 cm³/mol. The number of amides is 2. The van der Waals surface area contributed by atoms with E-state index < -0.39 is 0 Å². The van der Waals surface area contributed by atoms with E-state index in [4.69, 9.17) is 0 Å². The van der Waals surface area contributed by atoms with Gasteiger partial charge >= 0.3 is 0 Å². The summed E-state index contributed by atoms with van der Waals surface area (Å²) in [4.78, 5) is 36.1. The Bertz CT molecular complexity index is 1390. The summed E-state index contributed by atoms with van der Waals surface area (Å²) in [6, 6.07) is 13.6. The molecule has 6 rings (SSSR count). The highest BCUT2D eigenvalue weighted by molar-refractivity contribution is 6.08. The first kappa shape index (κ1) is 21.6. The van der Waals surface area contributed by atoms with Crippen LogP contribution in [0.5, 0.6) is 0 Å². The topological polar surface area (TPSA) is 95.9 Å². The number of anilines is 1. The van der Waals surface area contributed by atoms with E-state index in [-0.39, 0.29) is 23.9 Å². The molecule has 2 fully saturated rings. The van der Waals surface area contributed by atoms with E-state index in [9.17, 15) is 9.59 Å². The SMILES string of the molecule is Cn1ccc(C(=O)Nc2ccccc2C(=O)N2[C@H]3CC[C@H]2CC(Cc2ccnc4[nH]ccc24)C3)n1. The van der Waals surface area contributed by atoms with Gasteiger partial charge in [0.15, 0.2) is 5.69 Å². The summed E-state index contributed by atoms with van der Waals surface area (Å²) in [6.45, 7) is 0. The largest absolute Gasteiger partial charge is 0.346 e. The van der Waals surface area contributed by atoms with Gasteiger partial charge in [-0.1, -0.05) is 12.1 Å². The van der Waals surface area contributed by atoms with E-state index in [0.29, 0.717) is 22.9 Å². The molecule has 2 aliphatic heterocycles. The first-order valence-corrected chi connectivity index (χ1v) is 12.2. The number of H-pyrrole nitrogens is 1. The molecular weight excluding hydrogens is 440 g/mol. The molecule has 1 aromatic carbocycles. The molecule has 2 aliphatic rings. The number of rotatable bonds is 5. The molecule has 3 aromatic heterocycles. The third-order valence-corrected chi connectivity index (χ3v) is 7.48. The maximum Gasteiger partial charge on any atom is 0.276 e. The second kappa shape index (κ2) is 8.69. The number of carbonyl (C=O) groups excluding carboxylic acids is 2. The highest BCUT2D eigenvalue weighted by Gasteiger charge is 2.43. The third-order valence-electron chi connectivity index (χ3n) is 7.48. The van der Waals surface area contributed by atoms with Gasteiger partial charge in [-0.25, -0.2) is 4.98 Å². The number of aryl methyl sites for hydroxylation is 1. The normalized spacial score (nSPS) is 21.4. The molecule has 0 radical (unpaired) electrons. The molecule has 0 saturated carbocycles. The minimum atomic E-state index is -0.319. The fraction of sp³-hybridized carbons (Fsp3) is 0.333. The minimum Gasteiger partial charge on any atom is -0.346 e. The van der Waals surface area contributed by atoms with Crippen LogP contribution in [-0.4, -0.2) is 48.5 Å². The summed E-state index contributed by atoms with van der Waals surface area (Å²) in [5.74, 6) is 0.224. The summed E-state index contributed by atoms with van der Waals surface area (Å²) >= 11 is 0. The van der Waals surface area contributed by atoms with Crippen molar-refractivity contribution in [1.82, 2.24) is 24.6 Å². The van der Waals surface area contributed by atoms with Crippen LogP contribution in [0.1, 0.15) is 52.1 Å². The van der Waals surface area contributed by atoms with Crippen molar-refractivity contribution in [3.05, 3.63) is 77.9 Å². The number of fused-ring (bicyclic) bond motifs is 3. The van der Waals surface area contributed by atoms with Gasteiger partial charge in [-0.05, 0) is 73.9 Å². The third kappa shape index (κ3) is 3.99. The van der Waals surface area contributed by atoms with Gasteiger partial charge in [-0.2, -0.15) is 5.10 Å². The second-order valence-electron chi connectivity index (χ2n) is 9.72. The molecule has 178 valence electrons. The number of benzene rings is 1. The summed E-state index contributed by atoms with van der Waals surface area (Å²) in [7, 11) is 1.77. The van der Waals surface area contributed by atoms with Crippen molar-refractivity contribution >= 4 is 28.5 Å². The average molecular weight is 469 g/mol. The number of hydrogen-bond acceptors (Lipinski definition) is 4. The number of aromatic nitrogens is 4. The lowest BCUT2D eigenvalue weighted by molar-refractivity contribution is 0.0526. The molecule has 0 aliphatic carbocycles. The molecule has 35 heavy (non-hydrogen) atoms. The van der Waals surface area contributed by atoms with Gasteiger partial charge in [0.1, 0.15) is 5.65 Å². The molecule has 2 N–H and O–H groups in total. The molecule has 2 atom stereocenters. The van der Waals surface area contributed by atoms with E-state index in [0.717, 1.165) is 37.8 Å². The Balaban J connectivity index is 1.19. The maximum absolute atomic E-state index is 13.8. The lowest BCUT2D eigenvalue weighted by atomic mass is 9.85. The lowest BCUT2D eigenvalue weighted by Crippen LogP contribution is -2.47. The van der Waals surface area contributed by atoms with Crippen LogP contribution in [0.3, 0.4) is 0 Å². The Morgan fingerprint density at radius 3 is 2.66 bits per heavy atom. The maximum atomic E-state index is 13.8. The van der Waals surface area contributed by atoms with Crippen LogP contribution in [0.2, 0.25) is 0 Å². The highest BCUT2D eigenvalue weighted by Crippen LogP contribution is 2.41.